The normalized spacial score (nSPS) is 21.4. The van der Waals surface area contributed by atoms with Crippen molar-refractivity contribution in [1.82, 2.24) is 14.4 Å². The zero-order valence-corrected chi connectivity index (χ0v) is 14.4. The molecule has 2 unspecified atom stereocenters. The van der Waals surface area contributed by atoms with Crippen molar-refractivity contribution in [1.29, 1.82) is 0 Å². The molecule has 3 heterocycles. The molecule has 0 aliphatic carbocycles. The van der Waals surface area contributed by atoms with Gasteiger partial charge in [-0.1, -0.05) is 18.8 Å². The van der Waals surface area contributed by atoms with Crippen LogP contribution in [0.3, 0.4) is 0 Å². The van der Waals surface area contributed by atoms with Gasteiger partial charge in [-0.15, -0.1) is 0 Å². The van der Waals surface area contributed by atoms with Gasteiger partial charge in [0.2, 0.25) is 11.9 Å². The van der Waals surface area contributed by atoms with Crippen LogP contribution in [0.15, 0.2) is 11.2 Å². The van der Waals surface area contributed by atoms with E-state index in [1.54, 1.807) is 7.05 Å². The van der Waals surface area contributed by atoms with E-state index >= 15 is 0 Å². The number of imide groups is 1. The first kappa shape index (κ1) is 15.7. The number of fused-ring (bicyclic) bond motifs is 3. The minimum atomic E-state index is -0.525. The Bertz CT molecular complexity index is 706. The van der Waals surface area contributed by atoms with Crippen LogP contribution in [0.1, 0.15) is 51.4 Å². The van der Waals surface area contributed by atoms with Gasteiger partial charge >= 0.3 is 12.0 Å². The van der Waals surface area contributed by atoms with Gasteiger partial charge in [0.1, 0.15) is 11.9 Å². The summed E-state index contributed by atoms with van der Waals surface area (Å²) in [6.07, 6.45) is 3.69. The van der Waals surface area contributed by atoms with E-state index in [1.807, 2.05) is 24.6 Å². The van der Waals surface area contributed by atoms with Gasteiger partial charge in [0.15, 0.2) is 0 Å². The van der Waals surface area contributed by atoms with Crippen LogP contribution in [-0.2, 0) is 4.79 Å². The Morgan fingerprint density at radius 2 is 2.04 bits per heavy atom. The van der Waals surface area contributed by atoms with E-state index in [1.165, 1.54) is 9.80 Å². The summed E-state index contributed by atoms with van der Waals surface area (Å²) >= 11 is 0. The lowest BCUT2D eigenvalue weighted by Crippen LogP contribution is -2.62. The van der Waals surface area contributed by atoms with E-state index in [0.29, 0.717) is 18.4 Å². The predicted molar refractivity (Wildman–Crippen MR) is 85.7 cm³/mol. The SMILES string of the molecule is CCCN1C(=O)C2C(=Nc3n(C(C)CC)c(C)c[n+]32)N(C)C1=O. The number of nitrogens with zero attached hydrogens (tertiary/aromatic N) is 5. The predicted octanol–water partition coefficient (Wildman–Crippen LogP) is 1.94. The number of hydrogen-bond donors (Lipinski definition) is 0. The summed E-state index contributed by atoms with van der Waals surface area (Å²) < 4.78 is 4.05. The summed E-state index contributed by atoms with van der Waals surface area (Å²) in [7, 11) is 1.69. The summed E-state index contributed by atoms with van der Waals surface area (Å²) in [5.41, 5.74) is 1.08. The molecule has 0 N–H and O–H groups in total. The second-order valence-corrected chi connectivity index (χ2v) is 6.31. The first-order chi connectivity index (χ1) is 10.9. The molecule has 0 bridgehead atoms. The van der Waals surface area contributed by atoms with Crippen LogP contribution in [0.25, 0.3) is 0 Å². The fourth-order valence-electron chi connectivity index (χ4n) is 3.36. The Hall–Kier alpha value is -2.18. The van der Waals surface area contributed by atoms with Crippen molar-refractivity contribution in [2.45, 2.75) is 52.6 Å². The number of likely N-dealkylation sites (N-methyl/N-ethyl adjacent to an activating group) is 1. The van der Waals surface area contributed by atoms with Crippen LogP contribution in [0.2, 0.25) is 0 Å². The maximum atomic E-state index is 12.8. The zero-order chi connectivity index (χ0) is 16.9. The van der Waals surface area contributed by atoms with Crippen LogP contribution < -0.4 is 4.57 Å². The van der Waals surface area contributed by atoms with E-state index in [9.17, 15) is 9.59 Å². The minimum absolute atomic E-state index is 0.182. The number of aliphatic imine (C=N–C) groups is 1. The molecule has 0 saturated carbocycles. The van der Waals surface area contributed by atoms with Crippen molar-refractivity contribution in [2.75, 3.05) is 13.6 Å². The van der Waals surface area contributed by atoms with Crippen molar-refractivity contribution in [3.63, 3.8) is 0 Å². The summed E-state index contributed by atoms with van der Waals surface area (Å²) in [5, 5.41) is 0. The van der Waals surface area contributed by atoms with Crippen molar-refractivity contribution in [3.8, 4) is 0 Å². The lowest BCUT2D eigenvalue weighted by atomic mass is 10.1. The number of rotatable bonds is 4. The molecule has 2 atom stereocenters. The van der Waals surface area contributed by atoms with Gasteiger partial charge in [-0.25, -0.2) is 13.9 Å². The molecule has 7 heteroatoms. The summed E-state index contributed by atoms with van der Waals surface area (Å²) in [6, 6.07) is -0.522. The number of amides is 3. The molecular weight excluding hydrogens is 294 g/mol. The largest absolute Gasteiger partial charge is 0.402 e. The second kappa shape index (κ2) is 5.47. The van der Waals surface area contributed by atoms with E-state index in [2.05, 4.69) is 23.4 Å². The first-order valence-corrected chi connectivity index (χ1v) is 8.22. The number of carbonyl (C=O) groups is 2. The zero-order valence-electron chi connectivity index (χ0n) is 14.4. The number of hydrogen-bond acceptors (Lipinski definition) is 3. The molecule has 0 spiro atoms. The third-order valence-electron chi connectivity index (χ3n) is 4.73. The summed E-state index contributed by atoms with van der Waals surface area (Å²) in [6.45, 7) is 8.68. The second-order valence-electron chi connectivity index (χ2n) is 6.31. The average Bonchev–Trinajstić information content (AvgIpc) is 3.03. The molecule has 3 amide bonds. The molecule has 1 fully saturated rings. The molecule has 1 saturated heterocycles. The van der Waals surface area contributed by atoms with Crippen molar-refractivity contribution < 1.29 is 14.2 Å². The highest BCUT2D eigenvalue weighted by atomic mass is 16.2. The molecule has 7 nitrogen and oxygen atoms in total. The van der Waals surface area contributed by atoms with Crippen molar-refractivity contribution >= 4 is 23.7 Å². The number of aromatic nitrogens is 2. The van der Waals surface area contributed by atoms with Crippen LogP contribution in [-0.4, -0.2) is 45.7 Å². The standard InChI is InChI=1S/C16H24N5O2/c1-6-8-19-14(22)12-13(18(5)16(19)23)17-15-20(12)9-11(4)21(15)10(3)7-2/h9-10,12H,6-8H2,1-5H3/q+1. The van der Waals surface area contributed by atoms with E-state index in [4.69, 9.17) is 0 Å². The van der Waals surface area contributed by atoms with Gasteiger partial charge in [-0.2, -0.15) is 0 Å². The van der Waals surface area contributed by atoms with Crippen LogP contribution >= 0.6 is 0 Å². The maximum Gasteiger partial charge on any atom is 0.402 e. The highest BCUT2D eigenvalue weighted by molar-refractivity contribution is 6.19. The molecule has 23 heavy (non-hydrogen) atoms. The number of carbonyl (C=O) groups excluding carboxylic acids is 2. The molecule has 1 aromatic rings. The van der Waals surface area contributed by atoms with Gasteiger partial charge < -0.3 is 0 Å². The van der Waals surface area contributed by atoms with E-state index in [-0.39, 0.29) is 11.9 Å². The lowest BCUT2D eigenvalue weighted by Gasteiger charge is -2.32. The Labute approximate surface area is 136 Å². The monoisotopic (exact) mass is 318 g/mol. The van der Waals surface area contributed by atoms with Crippen molar-refractivity contribution in [2.24, 2.45) is 4.99 Å². The van der Waals surface area contributed by atoms with Gasteiger partial charge in [-0.3, -0.25) is 14.6 Å². The molecule has 3 rings (SSSR count). The molecule has 1 aromatic heterocycles. The number of amidine groups is 1. The van der Waals surface area contributed by atoms with E-state index in [0.717, 1.165) is 24.5 Å². The topological polar surface area (TPSA) is 61.8 Å². The third kappa shape index (κ3) is 2.09. The number of urea groups is 1. The summed E-state index contributed by atoms with van der Waals surface area (Å²) in [4.78, 5) is 32.7. The average molecular weight is 318 g/mol. The molecule has 2 aliphatic rings. The molecule has 0 aromatic carbocycles. The Morgan fingerprint density at radius 3 is 2.65 bits per heavy atom. The number of imidazole rings is 1. The van der Waals surface area contributed by atoms with Crippen LogP contribution in [0.5, 0.6) is 0 Å². The lowest BCUT2D eigenvalue weighted by molar-refractivity contribution is -0.677. The van der Waals surface area contributed by atoms with Gasteiger partial charge in [0, 0.05) is 13.6 Å². The smallest absolute Gasteiger partial charge is 0.270 e. The molecule has 2 aliphatic heterocycles. The van der Waals surface area contributed by atoms with Gasteiger partial charge in [-0.05, 0) is 26.7 Å². The van der Waals surface area contributed by atoms with Crippen LogP contribution in [0.4, 0.5) is 10.7 Å². The summed E-state index contributed by atoms with van der Waals surface area (Å²) in [5.74, 6) is 1.10. The number of aryl methyl sites for hydroxylation is 1. The Kier molecular flexibility index (Phi) is 3.74. The van der Waals surface area contributed by atoms with Gasteiger partial charge in [0.25, 0.3) is 5.91 Å². The fraction of sp³-hybridized carbons (Fsp3) is 0.625. The fourth-order valence-corrected chi connectivity index (χ4v) is 3.36. The maximum absolute atomic E-state index is 12.8. The first-order valence-electron chi connectivity index (χ1n) is 8.22. The van der Waals surface area contributed by atoms with E-state index < -0.39 is 6.04 Å². The van der Waals surface area contributed by atoms with Gasteiger partial charge in [0.05, 0.1) is 6.04 Å². The molecule has 0 radical (unpaired) electrons. The molecular formula is C16H24N5O2+. The molecule has 124 valence electrons. The minimum Gasteiger partial charge on any atom is -0.270 e. The third-order valence-corrected chi connectivity index (χ3v) is 4.73. The Morgan fingerprint density at radius 1 is 1.35 bits per heavy atom. The quantitative estimate of drug-likeness (QED) is 0.797. The highest BCUT2D eigenvalue weighted by Gasteiger charge is 2.53. The Balaban J connectivity index is 2.11. The van der Waals surface area contributed by atoms with Crippen molar-refractivity contribution in [3.05, 3.63) is 11.9 Å². The van der Waals surface area contributed by atoms with Crippen LogP contribution in [0, 0.1) is 6.92 Å². The highest BCUT2D eigenvalue weighted by Crippen LogP contribution is 2.31.